The lowest BCUT2D eigenvalue weighted by atomic mass is 10.1. The predicted octanol–water partition coefficient (Wildman–Crippen LogP) is 3.33. The van der Waals surface area contributed by atoms with E-state index in [9.17, 15) is 13.6 Å². The number of ketones is 1. The van der Waals surface area contributed by atoms with Crippen LogP contribution in [0.3, 0.4) is 0 Å². The molecule has 0 atom stereocenters. The molecule has 0 saturated heterocycles. The summed E-state index contributed by atoms with van der Waals surface area (Å²) in [5.74, 6) is -1.69. The van der Waals surface area contributed by atoms with E-state index in [1.54, 1.807) is 24.5 Å². The van der Waals surface area contributed by atoms with Gasteiger partial charge < -0.3 is 0 Å². The third-order valence-corrected chi connectivity index (χ3v) is 3.26. The summed E-state index contributed by atoms with van der Waals surface area (Å²) in [5, 5.41) is 0. The van der Waals surface area contributed by atoms with Crippen LogP contribution in [0, 0.1) is 11.6 Å². The van der Waals surface area contributed by atoms with Crippen molar-refractivity contribution < 1.29 is 13.6 Å². The highest BCUT2D eigenvalue weighted by molar-refractivity contribution is 8.00. The van der Waals surface area contributed by atoms with Gasteiger partial charge in [0.05, 0.1) is 11.3 Å². The Balaban J connectivity index is 2.06. The molecule has 0 radical (unpaired) electrons. The van der Waals surface area contributed by atoms with E-state index in [1.165, 1.54) is 11.8 Å². The van der Waals surface area contributed by atoms with Crippen molar-refractivity contribution in [3.63, 3.8) is 0 Å². The Morgan fingerprint density at radius 1 is 1.17 bits per heavy atom. The first kappa shape index (κ1) is 12.7. The molecule has 0 saturated carbocycles. The number of rotatable bonds is 4. The maximum Gasteiger partial charge on any atom is 0.176 e. The van der Waals surface area contributed by atoms with Gasteiger partial charge in [-0.2, -0.15) is 0 Å². The van der Waals surface area contributed by atoms with E-state index in [-0.39, 0.29) is 11.3 Å². The molecule has 92 valence electrons. The van der Waals surface area contributed by atoms with Gasteiger partial charge in [0.25, 0.3) is 0 Å². The zero-order chi connectivity index (χ0) is 13.0. The molecule has 0 N–H and O–H groups in total. The molecule has 0 fully saturated rings. The number of benzene rings is 1. The van der Waals surface area contributed by atoms with Crippen molar-refractivity contribution in [2.75, 3.05) is 5.75 Å². The van der Waals surface area contributed by atoms with Gasteiger partial charge in [-0.1, -0.05) is 0 Å². The van der Waals surface area contributed by atoms with Crippen LogP contribution in [0.25, 0.3) is 0 Å². The second-order valence-corrected chi connectivity index (χ2v) is 4.57. The van der Waals surface area contributed by atoms with E-state index in [1.807, 2.05) is 0 Å². The molecular weight excluding hydrogens is 256 g/mol. The van der Waals surface area contributed by atoms with Crippen LogP contribution in [0.5, 0.6) is 0 Å². The molecule has 1 aromatic carbocycles. The largest absolute Gasteiger partial charge is 0.293 e. The molecule has 18 heavy (non-hydrogen) atoms. The minimum absolute atomic E-state index is 0.0599. The second-order valence-electron chi connectivity index (χ2n) is 3.52. The molecule has 0 aliphatic rings. The smallest absolute Gasteiger partial charge is 0.176 e. The third-order valence-electron chi connectivity index (χ3n) is 2.25. The molecule has 0 amide bonds. The zero-order valence-electron chi connectivity index (χ0n) is 9.27. The Bertz CT molecular complexity index is 560. The van der Waals surface area contributed by atoms with Gasteiger partial charge in [-0.15, -0.1) is 11.8 Å². The van der Waals surface area contributed by atoms with Gasteiger partial charge in [-0.25, -0.2) is 8.78 Å². The topological polar surface area (TPSA) is 30.0 Å². The highest BCUT2D eigenvalue weighted by Crippen LogP contribution is 2.19. The SMILES string of the molecule is O=C(CSc1ccncc1)c1cc(F)ccc1F. The number of nitrogens with zero attached hydrogens (tertiary/aromatic N) is 1. The number of halogens is 2. The summed E-state index contributed by atoms with van der Waals surface area (Å²) in [7, 11) is 0. The molecule has 1 heterocycles. The fourth-order valence-corrected chi connectivity index (χ4v) is 2.14. The molecule has 0 aliphatic carbocycles. The van der Waals surface area contributed by atoms with E-state index >= 15 is 0 Å². The highest BCUT2D eigenvalue weighted by Gasteiger charge is 2.13. The Morgan fingerprint density at radius 3 is 2.61 bits per heavy atom. The van der Waals surface area contributed by atoms with E-state index in [4.69, 9.17) is 0 Å². The van der Waals surface area contributed by atoms with Gasteiger partial charge >= 0.3 is 0 Å². The first-order valence-electron chi connectivity index (χ1n) is 5.18. The fourth-order valence-electron chi connectivity index (χ4n) is 1.37. The molecule has 2 nitrogen and oxygen atoms in total. The number of hydrogen-bond acceptors (Lipinski definition) is 3. The monoisotopic (exact) mass is 265 g/mol. The molecule has 1 aromatic heterocycles. The number of carbonyl (C=O) groups is 1. The van der Waals surface area contributed by atoms with Crippen LogP contribution in [-0.4, -0.2) is 16.5 Å². The normalized spacial score (nSPS) is 10.3. The minimum Gasteiger partial charge on any atom is -0.293 e. The summed E-state index contributed by atoms with van der Waals surface area (Å²) in [4.78, 5) is 16.5. The van der Waals surface area contributed by atoms with E-state index < -0.39 is 17.4 Å². The van der Waals surface area contributed by atoms with Gasteiger partial charge in [-0.3, -0.25) is 9.78 Å². The summed E-state index contributed by atoms with van der Waals surface area (Å²) in [6.45, 7) is 0. The maximum absolute atomic E-state index is 13.3. The van der Waals surface area contributed by atoms with Crippen molar-refractivity contribution in [2.45, 2.75) is 4.90 Å². The fraction of sp³-hybridized carbons (Fsp3) is 0.0769. The summed E-state index contributed by atoms with van der Waals surface area (Å²) < 4.78 is 26.3. The molecule has 2 aromatic rings. The predicted molar refractivity (Wildman–Crippen MR) is 65.6 cm³/mol. The molecule has 0 bridgehead atoms. The van der Waals surface area contributed by atoms with Crippen molar-refractivity contribution >= 4 is 17.5 Å². The molecular formula is C13H9F2NOS. The van der Waals surface area contributed by atoms with Crippen molar-refractivity contribution in [2.24, 2.45) is 0 Å². The second kappa shape index (κ2) is 5.73. The third kappa shape index (κ3) is 3.13. The Labute approximate surface area is 107 Å². The zero-order valence-corrected chi connectivity index (χ0v) is 10.1. The number of pyridine rings is 1. The van der Waals surface area contributed by atoms with Crippen LogP contribution in [0.1, 0.15) is 10.4 Å². The van der Waals surface area contributed by atoms with E-state index in [0.29, 0.717) is 0 Å². The Hall–Kier alpha value is -1.75. The van der Waals surface area contributed by atoms with E-state index in [2.05, 4.69) is 4.98 Å². The first-order chi connectivity index (χ1) is 8.66. The number of hydrogen-bond donors (Lipinski definition) is 0. The van der Waals surface area contributed by atoms with Crippen molar-refractivity contribution in [3.05, 3.63) is 59.9 Å². The highest BCUT2D eigenvalue weighted by atomic mass is 32.2. The standard InChI is InChI=1S/C13H9F2NOS/c14-9-1-2-12(15)11(7-9)13(17)8-18-10-3-5-16-6-4-10/h1-7H,8H2. The lowest BCUT2D eigenvalue weighted by Crippen LogP contribution is -2.05. The molecule has 0 spiro atoms. The number of thioether (sulfide) groups is 1. The van der Waals surface area contributed by atoms with Crippen LogP contribution >= 0.6 is 11.8 Å². The minimum atomic E-state index is -0.697. The van der Waals surface area contributed by atoms with Crippen molar-refractivity contribution in [1.29, 1.82) is 0 Å². The summed E-state index contributed by atoms with van der Waals surface area (Å²) in [6, 6.07) is 6.37. The molecule has 5 heteroatoms. The van der Waals surface area contributed by atoms with Gasteiger partial charge in [0.2, 0.25) is 0 Å². The molecule has 2 rings (SSSR count). The van der Waals surface area contributed by atoms with Crippen LogP contribution in [0.2, 0.25) is 0 Å². The summed E-state index contributed by atoms with van der Waals surface area (Å²) in [6.07, 6.45) is 3.21. The first-order valence-corrected chi connectivity index (χ1v) is 6.16. The van der Waals surface area contributed by atoms with Gasteiger partial charge in [0, 0.05) is 17.3 Å². The molecule has 0 unspecified atom stereocenters. The summed E-state index contributed by atoms with van der Waals surface area (Å²) >= 11 is 1.26. The number of carbonyl (C=O) groups excluding carboxylic acids is 1. The maximum atomic E-state index is 13.3. The summed E-state index contributed by atoms with van der Waals surface area (Å²) in [5.41, 5.74) is -0.212. The lowest BCUT2D eigenvalue weighted by molar-refractivity contribution is 0.101. The molecule has 0 aliphatic heterocycles. The number of Topliss-reactive ketones (excluding diaryl/α,β-unsaturated/α-hetero) is 1. The van der Waals surface area contributed by atoms with E-state index in [0.717, 1.165) is 23.1 Å². The van der Waals surface area contributed by atoms with Crippen LogP contribution in [-0.2, 0) is 0 Å². The Morgan fingerprint density at radius 2 is 1.89 bits per heavy atom. The van der Waals surface area contributed by atoms with Crippen molar-refractivity contribution in [3.8, 4) is 0 Å². The quantitative estimate of drug-likeness (QED) is 0.627. The lowest BCUT2D eigenvalue weighted by Gasteiger charge is -2.03. The number of aromatic nitrogens is 1. The average Bonchev–Trinajstić information content (AvgIpc) is 2.40. The van der Waals surface area contributed by atoms with Crippen LogP contribution in [0.4, 0.5) is 8.78 Å². The van der Waals surface area contributed by atoms with Crippen molar-refractivity contribution in [1.82, 2.24) is 4.98 Å². The van der Waals surface area contributed by atoms with Gasteiger partial charge in [-0.05, 0) is 30.3 Å². The van der Waals surface area contributed by atoms with Crippen LogP contribution in [0.15, 0.2) is 47.6 Å². The average molecular weight is 265 g/mol. The van der Waals surface area contributed by atoms with Gasteiger partial charge in [0.1, 0.15) is 11.6 Å². The Kier molecular flexibility index (Phi) is 4.04. The van der Waals surface area contributed by atoms with Crippen LogP contribution < -0.4 is 0 Å². The van der Waals surface area contributed by atoms with Gasteiger partial charge in [0.15, 0.2) is 5.78 Å².